The van der Waals surface area contributed by atoms with Gasteiger partial charge in [0.2, 0.25) is 0 Å². The largest absolute Gasteiger partial charge is 0.457 e. The van der Waals surface area contributed by atoms with Crippen LogP contribution in [0.3, 0.4) is 0 Å². The average Bonchev–Trinajstić information content (AvgIpc) is 3.15. The summed E-state index contributed by atoms with van der Waals surface area (Å²) in [5.74, 6) is -0.242. The number of carbonyl (C=O) groups is 1. The van der Waals surface area contributed by atoms with E-state index in [1.165, 1.54) is 51.4 Å². The molecule has 1 N–H and O–H groups in total. The molecule has 1 atom stereocenters. The van der Waals surface area contributed by atoms with Crippen LogP contribution in [0.15, 0.2) is 109 Å². The van der Waals surface area contributed by atoms with Crippen molar-refractivity contribution in [1.82, 2.24) is 0 Å². The fourth-order valence-electron chi connectivity index (χ4n) is 5.20. The molecule has 4 nitrogen and oxygen atoms in total. The Labute approximate surface area is 321 Å². The monoisotopic (exact) mass is 719 g/mol. The van der Waals surface area contributed by atoms with Crippen molar-refractivity contribution < 1.29 is 19.4 Å². The Morgan fingerprint density at radius 1 is 0.481 bits per heavy atom. The van der Waals surface area contributed by atoms with E-state index in [2.05, 4.69) is 123 Å². The highest BCUT2D eigenvalue weighted by atomic mass is 16.6. The van der Waals surface area contributed by atoms with E-state index in [-0.39, 0.29) is 19.2 Å². The van der Waals surface area contributed by atoms with Gasteiger partial charge in [-0.15, -0.1) is 0 Å². The van der Waals surface area contributed by atoms with Gasteiger partial charge in [0.15, 0.2) is 0 Å². The molecule has 0 fully saturated rings. The quantitative estimate of drug-likeness (QED) is 0.0395. The van der Waals surface area contributed by atoms with E-state index < -0.39 is 6.10 Å². The number of ether oxygens (including phenoxy) is 2. The fourth-order valence-corrected chi connectivity index (χ4v) is 5.20. The summed E-state index contributed by atoms with van der Waals surface area (Å²) >= 11 is 0. The van der Waals surface area contributed by atoms with Gasteiger partial charge in [-0.2, -0.15) is 0 Å². The van der Waals surface area contributed by atoms with Gasteiger partial charge in [-0.1, -0.05) is 168 Å². The van der Waals surface area contributed by atoms with Crippen molar-refractivity contribution in [2.45, 2.75) is 168 Å². The number of carbonyl (C=O) groups excluding carboxylic acids is 1. The number of esters is 1. The van der Waals surface area contributed by atoms with Gasteiger partial charge in [-0.05, 0) is 96.3 Å². The molecule has 0 radical (unpaired) electrons. The number of allylic oxidation sites excluding steroid dienone is 18. The van der Waals surface area contributed by atoms with Crippen LogP contribution in [0.1, 0.15) is 162 Å². The second-order valence-corrected chi connectivity index (χ2v) is 13.3. The molecular weight excluding hydrogens is 641 g/mol. The minimum atomic E-state index is -0.565. The summed E-state index contributed by atoms with van der Waals surface area (Å²) in [7, 11) is 0. The molecule has 0 aliphatic carbocycles. The van der Waals surface area contributed by atoms with Crippen LogP contribution >= 0.6 is 0 Å². The van der Waals surface area contributed by atoms with Crippen molar-refractivity contribution in [1.29, 1.82) is 0 Å². The number of unbranched alkanes of at least 4 members (excludes halogenated alkanes) is 11. The molecule has 0 saturated heterocycles. The van der Waals surface area contributed by atoms with Crippen LogP contribution in [0.2, 0.25) is 0 Å². The van der Waals surface area contributed by atoms with Crippen molar-refractivity contribution in [2.75, 3.05) is 19.8 Å². The zero-order valence-electron chi connectivity index (χ0n) is 33.5. The van der Waals surface area contributed by atoms with E-state index in [0.717, 1.165) is 89.9 Å². The van der Waals surface area contributed by atoms with Crippen LogP contribution < -0.4 is 0 Å². The van der Waals surface area contributed by atoms with E-state index >= 15 is 0 Å². The van der Waals surface area contributed by atoms with Crippen LogP contribution in [-0.2, 0) is 14.3 Å². The molecule has 0 amide bonds. The standard InChI is InChI=1S/C48H78O4/c1-3-5-7-9-11-13-15-17-19-20-21-22-23-24-25-26-27-28-29-31-33-35-37-39-41-43-48(50)52-47(45-49)46-51-44-42-40-38-36-34-32-30-18-16-14-12-10-8-6-4-2/h5,7,10-13,16-19,21-22,24-25,27-28,31,33,47,49H,3-4,6,8-9,14-15,20,23,26,29-30,32,34-46H2,1-2H3/b7-5-,12-10-,13-11-,18-16-,19-17-,22-21-,25-24-,28-27-,33-31-. The van der Waals surface area contributed by atoms with Gasteiger partial charge < -0.3 is 14.6 Å². The zero-order valence-corrected chi connectivity index (χ0v) is 33.5. The summed E-state index contributed by atoms with van der Waals surface area (Å²) in [6.07, 6.45) is 64.2. The lowest BCUT2D eigenvalue weighted by molar-refractivity contribution is -0.154. The lowest BCUT2D eigenvalue weighted by Crippen LogP contribution is -2.27. The fraction of sp³-hybridized carbons (Fsp3) is 0.604. The Morgan fingerprint density at radius 3 is 1.31 bits per heavy atom. The molecule has 0 aromatic carbocycles. The first kappa shape index (κ1) is 49.0. The SMILES string of the molecule is CC/C=C\C/C=C\C/C=C\C/C=C\C/C=C\C/C=C\C/C=C\CCCCCC(=O)OC(CO)COCCCCCCCC/C=C\C/C=C\CCCC. The summed E-state index contributed by atoms with van der Waals surface area (Å²) in [5.41, 5.74) is 0. The number of hydrogen-bond acceptors (Lipinski definition) is 4. The summed E-state index contributed by atoms with van der Waals surface area (Å²) in [6.45, 7) is 5.11. The molecule has 0 aromatic rings. The minimum Gasteiger partial charge on any atom is -0.457 e. The first-order chi connectivity index (χ1) is 25.7. The van der Waals surface area contributed by atoms with Crippen LogP contribution in [0.4, 0.5) is 0 Å². The Hall–Kier alpha value is -2.95. The maximum absolute atomic E-state index is 12.2. The number of aliphatic hydroxyl groups is 1. The third-order valence-electron chi connectivity index (χ3n) is 8.33. The first-order valence-electron chi connectivity index (χ1n) is 21.0. The van der Waals surface area contributed by atoms with Crippen molar-refractivity contribution in [3.05, 3.63) is 109 Å². The highest BCUT2D eigenvalue weighted by molar-refractivity contribution is 5.69. The van der Waals surface area contributed by atoms with Crippen LogP contribution in [0.25, 0.3) is 0 Å². The van der Waals surface area contributed by atoms with Crippen LogP contribution in [0.5, 0.6) is 0 Å². The molecule has 294 valence electrons. The molecule has 0 aliphatic heterocycles. The topological polar surface area (TPSA) is 55.8 Å². The Morgan fingerprint density at radius 2 is 0.865 bits per heavy atom. The molecule has 52 heavy (non-hydrogen) atoms. The van der Waals surface area contributed by atoms with E-state index in [9.17, 15) is 9.90 Å². The van der Waals surface area contributed by atoms with Crippen molar-refractivity contribution in [2.24, 2.45) is 0 Å². The minimum absolute atomic E-state index is 0.198. The van der Waals surface area contributed by atoms with Gasteiger partial charge in [-0.3, -0.25) is 4.79 Å². The number of hydrogen-bond donors (Lipinski definition) is 1. The molecule has 0 rings (SSSR count). The molecular formula is C48H78O4. The molecule has 0 aliphatic rings. The molecule has 4 heteroatoms. The van der Waals surface area contributed by atoms with Gasteiger partial charge in [0.1, 0.15) is 6.10 Å². The molecule has 0 spiro atoms. The lowest BCUT2D eigenvalue weighted by atomic mass is 10.1. The third kappa shape index (κ3) is 41.5. The summed E-state index contributed by atoms with van der Waals surface area (Å²) in [4.78, 5) is 12.2. The maximum Gasteiger partial charge on any atom is 0.306 e. The zero-order chi connectivity index (χ0) is 37.7. The first-order valence-corrected chi connectivity index (χ1v) is 21.0. The van der Waals surface area contributed by atoms with Crippen molar-refractivity contribution in [3.63, 3.8) is 0 Å². The van der Waals surface area contributed by atoms with Gasteiger partial charge in [-0.25, -0.2) is 0 Å². The molecule has 0 bridgehead atoms. The Balaban J connectivity index is 3.62. The molecule has 0 aromatic heterocycles. The highest BCUT2D eigenvalue weighted by Gasteiger charge is 2.13. The van der Waals surface area contributed by atoms with E-state index in [0.29, 0.717) is 13.0 Å². The van der Waals surface area contributed by atoms with Gasteiger partial charge in [0, 0.05) is 13.0 Å². The summed E-state index contributed by atoms with van der Waals surface area (Å²) in [6, 6.07) is 0. The maximum atomic E-state index is 12.2. The van der Waals surface area contributed by atoms with Gasteiger partial charge >= 0.3 is 5.97 Å². The third-order valence-corrected chi connectivity index (χ3v) is 8.33. The van der Waals surface area contributed by atoms with E-state index in [1.807, 2.05) is 0 Å². The predicted molar refractivity (Wildman–Crippen MR) is 228 cm³/mol. The Kier molecular flexibility index (Phi) is 41.7. The van der Waals surface area contributed by atoms with Crippen LogP contribution in [0, 0.1) is 0 Å². The normalized spacial score (nSPS) is 13.5. The molecule has 0 saturated carbocycles. The number of rotatable bonds is 37. The van der Waals surface area contributed by atoms with Gasteiger partial charge in [0.05, 0.1) is 13.2 Å². The number of aliphatic hydroxyl groups excluding tert-OH is 1. The van der Waals surface area contributed by atoms with Crippen LogP contribution in [-0.4, -0.2) is 37.0 Å². The highest BCUT2D eigenvalue weighted by Crippen LogP contribution is 2.10. The predicted octanol–water partition coefficient (Wildman–Crippen LogP) is 13.9. The van der Waals surface area contributed by atoms with E-state index in [1.54, 1.807) is 0 Å². The summed E-state index contributed by atoms with van der Waals surface area (Å²) in [5, 5.41) is 9.59. The smallest absolute Gasteiger partial charge is 0.306 e. The van der Waals surface area contributed by atoms with Gasteiger partial charge in [0.25, 0.3) is 0 Å². The lowest BCUT2D eigenvalue weighted by Gasteiger charge is -2.15. The molecule has 1 unspecified atom stereocenters. The Bertz CT molecular complexity index is 1020. The second kappa shape index (κ2) is 44.2. The summed E-state index contributed by atoms with van der Waals surface area (Å²) < 4.78 is 11.1. The molecule has 0 heterocycles. The van der Waals surface area contributed by atoms with Crippen molar-refractivity contribution >= 4 is 5.97 Å². The van der Waals surface area contributed by atoms with Crippen molar-refractivity contribution in [3.8, 4) is 0 Å². The average molecular weight is 719 g/mol. The van der Waals surface area contributed by atoms with E-state index in [4.69, 9.17) is 9.47 Å². The second-order valence-electron chi connectivity index (χ2n) is 13.3.